The van der Waals surface area contributed by atoms with Crippen LogP contribution in [0.3, 0.4) is 0 Å². The molecule has 0 aliphatic carbocycles. The van der Waals surface area contributed by atoms with Crippen molar-refractivity contribution in [3.05, 3.63) is 60.3 Å². The Balaban J connectivity index is 2.10. The largest absolute Gasteiger partial charge is 0.433 e. The fourth-order valence-corrected chi connectivity index (χ4v) is 2.05. The molecule has 0 atom stereocenters. The summed E-state index contributed by atoms with van der Waals surface area (Å²) in [6.07, 6.45) is -5.37. The third-order valence-electron chi connectivity index (χ3n) is 3.25. The predicted octanol–water partition coefficient (Wildman–Crippen LogP) is 4.37. The summed E-state index contributed by atoms with van der Waals surface area (Å²) < 4.78 is 78.2. The van der Waals surface area contributed by atoms with Gasteiger partial charge in [0.2, 0.25) is 5.95 Å². The van der Waals surface area contributed by atoms with Crippen molar-refractivity contribution < 1.29 is 26.3 Å². The average molecular weight is 358 g/mol. The number of benzene rings is 1. The first-order valence-electron chi connectivity index (χ1n) is 6.77. The van der Waals surface area contributed by atoms with E-state index in [0.717, 1.165) is 24.3 Å². The lowest BCUT2D eigenvalue weighted by Gasteiger charge is -2.12. The SMILES string of the molecule is FC(F)(F)c1ccc(-c2cc(C(F)(F)F)nc(-n3ccnc3)n2)cc1. The molecule has 25 heavy (non-hydrogen) atoms. The van der Waals surface area contributed by atoms with Crippen molar-refractivity contribution in [1.29, 1.82) is 0 Å². The number of rotatable bonds is 2. The minimum atomic E-state index is -4.74. The Morgan fingerprint density at radius 2 is 1.52 bits per heavy atom. The first-order valence-corrected chi connectivity index (χ1v) is 6.77. The number of aromatic nitrogens is 4. The molecule has 4 nitrogen and oxygen atoms in total. The molecule has 2 aromatic heterocycles. The molecule has 3 aromatic rings. The summed E-state index contributed by atoms with van der Waals surface area (Å²) in [7, 11) is 0. The quantitative estimate of drug-likeness (QED) is 0.639. The Hall–Kier alpha value is -2.91. The van der Waals surface area contributed by atoms with Gasteiger partial charge in [-0.05, 0) is 18.2 Å². The number of hydrogen-bond donors (Lipinski definition) is 0. The highest BCUT2D eigenvalue weighted by Crippen LogP contribution is 2.33. The van der Waals surface area contributed by atoms with Gasteiger partial charge in [0.15, 0.2) is 5.69 Å². The fourth-order valence-electron chi connectivity index (χ4n) is 2.05. The van der Waals surface area contributed by atoms with Crippen molar-refractivity contribution in [3.8, 4) is 17.2 Å². The standard InChI is InChI=1S/C15H8F6N4/c16-14(17,18)10-3-1-9(2-4-10)11-7-12(15(19,20)21)24-13(23-11)25-6-5-22-8-25/h1-8H. The summed E-state index contributed by atoms with van der Waals surface area (Å²) in [5.41, 5.74) is -2.17. The topological polar surface area (TPSA) is 43.6 Å². The summed E-state index contributed by atoms with van der Waals surface area (Å²) in [5.74, 6) is -0.290. The van der Waals surface area contributed by atoms with Crippen molar-refractivity contribution in [1.82, 2.24) is 19.5 Å². The number of alkyl halides is 6. The Bertz CT molecular complexity index is 867. The lowest BCUT2D eigenvalue weighted by Crippen LogP contribution is -2.12. The van der Waals surface area contributed by atoms with Crippen molar-refractivity contribution in [3.63, 3.8) is 0 Å². The van der Waals surface area contributed by atoms with E-state index in [4.69, 9.17) is 0 Å². The second-order valence-electron chi connectivity index (χ2n) is 4.98. The van der Waals surface area contributed by atoms with E-state index in [1.165, 1.54) is 23.3 Å². The van der Waals surface area contributed by atoms with Gasteiger partial charge in [0.05, 0.1) is 11.3 Å². The Labute approximate surface area is 136 Å². The van der Waals surface area contributed by atoms with Gasteiger partial charge in [-0.3, -0.25) is 4.57 Å². The molecule has 0 radical (unpaired) electrons. The zero-order chi connectivity index (χ0) is 18.2. The molecule has 0 N–H and O–H groups in total. The number of imidazole rings is 1. The van der Waals surface area contributed by atoms with E-state index in [2.05, 4.69) is 15.0 Å². The van der Waals surface area contributed by atoms with Crippen LogP contribution in [0, 0.1) is 0 Å². The highest BCUT2D eigenvalue weighted by atomic mass is 19.4. The Kier molecular flexibility index (Phi) is 3.97. The molecule has 0 aliphatic heterocycles. The minimum Gasteiger partial charge on any atom is -0.274 e. The van der Waals surface area contributed by atoms with E-state index in [1.54, 1.807) is 0 Å². The second kappa shape index (κ2) is 5.87. The minimum absolute atomic E-state index is 0.0993. The highest BCUT2D eigenvalue weighted by molar-refractivity contribution is 5.60. The van der Waals surface area contributed by atoms with Crippen LogP contribution < -0.4 is 0 Å². The average Bonchev–Trinajstić information content (AvgIpc) is 3.07. The first-order chi connectivity index (χ1) is 11.6. The van der Waals surface area contributed by atoms with Crippen LogP contribution >= 0.6 is 0 Å². The van der Waals surface area contributed by atoms with Gasteiger partial charge in [0.25, 0.3) is 0 Å². The van der Waals surface area contributed by atoms with Gasteiger partial charge in [0, 0.05) is 18.0 Å². The van der Waals surface area contributed by atoms with E-state index >= 15 is 0 Å². The van der Waals surface area contributed by atoms with E-state index < -0.39 is 23.6 Å². The van der Waals surface area contributed by atoms with Crippen LogP contribution in [0.5, 0.6) is 0 Å². The van der Waals surface area contributed by atoms with Gasteiger partial charge in [-0.1, -0.05) is 12.1 Å². The molecule has 0 bridgehead atoms. The van der Waals surface area contributed by atoms with Crippen molar-refractivity contribution in [2.75, 3.05) is 0 Å². The first kappa shape index (κ1) is 16.9. The van der Waals surface area contributed by atoms with Crippen LogP contribution in [0.4, 0.5) is 26.3 Å². The van der Waals surface area contributed by atoms with Crippen molar-refractivity contribution in [2.24, 2.45) is 0 Å². The number of halogens is 6. The lowest BCUT2D eigenvalue weighted by atomic mass is 10.1. The third-order valence-corrected chi connectivity index (χ3v) is 3.25. The molecule has 0 saturated carbocycles. The summed E-state index contributed by atoms with van der Waals surface area (Å²) in [4.78, 5) is 11.1. The molecule has 0 amide bonds. The van der Waals surface area contributed by atoms with E-state index in [1.807, 2.05) is 0 Å². The van der Waals surface area contributed by atoms with Crippen LogP contribution in [-0.4, -0.2) is 19.5 Å². The molecule has 0 aliphatic rings. The molecular formula is C15H8F6N4. The molecule has 0 fully saturated rings. The van der Waals surface area contributed by atoms with Gasteiger partial charge < -0.3 is 0 Å². The van der Waals surface area contributed by atoms with Crippen LogP contribution in [0.1, 0.15) is 11.3 Å². The van der Waals surface area contributed by atoms with Crippen molar-refractivity contribution >= 4 is 0 Å². The van der Waals surface area contributed by atoms with Gasteiger partial charge in [-0.2, -0.15) is 26.3 Å². The molecule has 0 spiro atoms. The van der Waals surface area contributed by atoms with Crippen LogP contribution in [0.25, 0.3) is 17.2 Å². The molecule has 1 aromatic carbocycles. The van der Waals surface area contributed by atoms with Gasteiger partial charge in [-0.15, -0.1) is 0 Å². The molecule has 0 saturated heterocycles. The smallest absolute Gasteiger partial charge is 0.274 e. The molecule has 10 heteroatoms. The zero-order valence-electron chi connectivity index (χ0n) is 12.2. The second-order valence-corrected chi connectivity index (χ2v) is 4.98. The zero-order valence-corrected chi connectivity index (χ0v) is 12.2. The molecular weight excluding hydrogens is 350 g/mol. The van der Waals surface area contributed by atoms with Crippen LogP contribution in [-0.2, 0) is 12.4 Å². The monoisotopic (exact) mass is 358 g/mol. The third kappa shape index (κ3) is 3.62. The summed E-state index contributed by atoms with van der Waals surface area (Å²) >= 11 is 0. The van der Waals surface area contributed by atoms with E-state index in [-0.39, 0.29) is 17.2 Å². The fraction of sp³-hybridized carbons (Fsp3) is 0.133. The molecule has 2 heterocycles. The highest BCUT2D eigenvalue weighted by Gasteiger charge is 2.34. The molecule has 3 rings (SSSR count). The summed E-state index contributed by atoms with van der Waals surface area (Å²) in [6, 6.07) is 4.36. The Morgan fingerprint density at radius 1 is 0.840 bits per heavy atom. The summed E-state index contributed by atoms with van der Waals surface area (Å²) in [6.45, 7) is 0. The normalized spacial score (nSPS) is 12.4. The van der Waals surface area contributed by atoms with Crippen LogP contribution in [0.2, 0.25) is 0 Å². The molecule has 0 unspecified atom stereocenters. The maximum absolute atomic E-state index is 13.1. The molecule has 130 valence electrons. The van der Waals surface area contributed by atoms with Gasteiger partial charge >= 0.3 is 12.4 Å². The van der Waals surface area contributed by atoms with Crippen molar-refractivity contribution in [2.45, 2.75) is 12.4 Å². The van der Waals surface area contributed by atoms with E-state index in [0.29, 0.717) is 6.07 Å². The summed E-state index contributed by atoms with van der Waals surface area (Å²) in [5, 5.41) is 0. The number of hydrogen-bond acceptors (Lipinski definition) is 3. The number of nitrogens with zero attached hydrogens (tertiary/aromatic N) is 4. The van der Waals surface area contributed by atoms with Crippen LogP contribution in [0.15, 0.2) is 49.1 Å². The van der Waals surface area contributed by atoms with Gasteiger partial charge in [-0.25, -0.2) is 15.0 Å². The van der Waals surface area contributed by atoms with Gasteiger partial charge in [0.1, 0.15) is 6.33 Å². The predicted molar refractivity (Wildman–Crippen MR) is 74.6 cm³/mol. The maximum Gasteiger partial charge on any atom is 0.433 e. The maximum atomic E-state index is 13.1. The van der Waals surface area contributed by atoms with E-state index in [9.17, 15) is 26.3 Å². The Morgan fingerprint density at radius 3 is 2.04 bits per heavy atom. The lowest BCUT2D eigenvalue weighted by molar-refractivity contribution is -0.141.